The summed E-state index contributed by atoms with van der Waals surface area (Å²) in [6.07, 6.45) is 3.70. The maximum absolute atomic E-state index is 11.8. The fourth-order valence-corrected chi connectivity index (χ4v) is 2.00. The predicted octanol–water partition coefficient (Wildman–Crippen LogP) is 1.79. The fraction of sp³-hybridized carbons (Fsp3) is 0.417. The highest BCUT2D eigenvalue weighted by atomic mass is 32.1. The number of carboxylic acids is 1. The third-order valence-corrected chi connectivity index (χ3v) is 2.96. The molecular formula is C12H16N2O3S. The van der Waals surface area contributed by atoms with E-state index in [1.54, 1.807) is 6.08 Å². The van der Waals surface area contributed by atoms with Gasteiger partial charge < -0.3 is 10.0 Å². The molecule has 18 heavy (non-hydrogen) atoms. The van der Waals surface area contributed by atoms with Crippen molar-refractivity contribution in [3.63, 3.8) is 0 Å². The summed E-state index contributed by atoms with van der Waals surface area (Å²) in [7, 11) is 0. The number of carbonyl (C=O) groups excluding carboxylic acids is 1. The molecule has 98 valence electrons. The third kappa shape index (κ3) is 4.67. The quantitative estimate of drug-likeness (QED) is 0.798. The lowest BCUT2D eigenvalue weighted by atomic mass is 10.3. The molecular weight excluding hydrogens is 252 g/mol. The lowest BCUT2D eigenvalue weighted by Crippen LogP contribution is -2.35. The van der Waals surface area contributed by atoms with Crippen LogP contribution >= 0.6 is 11.3 Å². The van der Waals surface area contributed by atoms with Gasteiger partial charge in [-0.3, -0.25) is 9.59 Å². The van der Waals surface area contributed by atoms with Crippen molar-refractivity contribution in [2.45, 2.75) is 20.3 Å². The molecule has 0 aliphatic heterocycles. The van der Waals surface area contributed by atoms with Crippen LogP contribution in [0.3, 0.4) is 0 Å². The van der Waals surface area contributed by atoms with Gasteiger partial charge >= 0.3 is 5.97 Å². The fourth-order valence-electron chi connectivity index (χ4n) is 1.42. The number of aliphatic carboxylic acids is 1. The van der Waals surface area contributed by atoms with Crippen molar-refractivity contribution in [3.8, 4) is 0 Å². The summed E-state index contributed by atoms with van der Waals surface area (Å²) in [4.78, 5) is 27.9. The van der Waals surface area contributed by atoms with Gasteiger partial charge in [-0.05, 0) is 19.4 Å². The first-order valence-corrected chi connectivity index (χ1v) is 6.51. The Morgan fingerprint density at radius 1 is 1.56 bits per heavy atom. The van der Waals surface area contributed by atoms with Gasteiger partial charge in [-0.1, -0.05) is 6.92 Å². The molecule has 0 radical (unpaired) electrons. The molecule has 0 spiro atoms. The van der Waals surface area contributed by atoms with Crippen LogP contribution < -0.4 is 0 Å². The Kier molecular flexibility index (Phi) is 5.51. The molecule has 0 saturated carbocycles. The van der Waals surface area contributed by atoms with Crippen LogP contribution in [0.5, 0.6) is 0 Å². The first kappa shape index (κ1) is 14.4. The number of rotatable bonds is 6. The molecule has 0 saturated heterocycles. The number of nitrogens with zero attached hydrogens (tertiary/aromatic N) is 2. The van der Waals surface area contributed by atoms with Gasteiger partial charge in [0.15, 0.2) is 0 Å². The van der Waals surface area contributed by atoms with Crippen LogP contribution in [0.25, 0.3) is 6.08 Å². The SMILES string of the molecule is CCCN(CC(=O)O)C(=O)/C=C/c1csc(C)n1. The van der Waals surface area contributed by atoms with Gasteiger partial charge in [-0.15, -0.1) is 11.3 Å². The summed E-state index contributed by atoms with van der Waals surface area (Å²) in [5, 5.41) is 11.5. The highest BCUT2D eigenvalue weighted by molar-refractivity contribution is 7.09. The Labute approximate surface area is 110 Å². The molecule has 0 aromatic carbocycles. The van der Waals surface area contributed by atoms with E-state index in [-0.39, 0.29) is 12.5 Å². The average molecular weight is 268 g/mol. The van der Waals surface area contributed by atoms with Crippen molar-refractivity contribution in [1.29, 1.82) is 0 Å². The van der Waals surface area contributed by atoms with Crippen LogP contribution in [0, 0.1) is 6.92 Å². The van der Waals surface area contributed by atoms with Crippen molar-refractivity contribution in [2.75, 3.05) is 13.1 Å². The Morgan fingerprint density at radius 3 is 2.78 bits per heavy atom. The Hall–Kier alpha value is -1.69. The highest BCUT2D eigenvalue weighted by Gasteiger charge is 2.13. The van der Waals surface area contributed by atoms with Crippen molar-refractivity contribution >= 4 is 29.3 Å². The van der Waals surface area contributed by atoms with Gasteiger partial charge in [-0.25, -0.2) is 4.98 Å². The molecule has 1 aromatic heterocycles. The zero-order chi connectivity index (χ0) is 13.5. The van der Waals surface area contributed by atoms with Crippen LogP contribution in [0.2, 0.25) is 0 Å². The minimum Gasteiger partial charge on any atom is -0.480 e. The summed E-state index contributed by atoms with van der Waals surface area (Å²) in [6.45, 7) is 3.95. The van der Waals surface area contributed by atoms with Crippen molar-refractivity contribution < 1.29 is 14.7 Å². The van der Waals surface area contributed by atoms with Crippen molar-refractivity contribution in [3.05, 3.63) is 22.2 Å². The monoisotopic (exact) mass is 268 g/mol. The number of hydrogen-bond donors (Lipinski definition) is 1. The predicted molar refractivity (Wildman–Crippen MR) is 70.4 cm³/mol. The Balaban J connectivity index is 2.65. The summed E-state index contributed by atoms with van der Waals surface area (Å²) in [6, 6.07) is 0. The van der Waals surface area contributed by atoms with Crippen LogP contribution in [-0.4, -0.2) is 40.0 Å². The second-order valence-corrected chi connectivity index (χ2v) is 4.84. The minimum absolute atomic E-state index is 0.271. The molecule has 1 rings (SSSR count). The van der Waals surface area contributed by atoms with E-state index in [0.29, 0.717) is 6.54 Å². The molecule has 0 atom stereocenters. The van der Waals surface area contributed by atoms with Crippen LogP contribution in [-0.2, 0) is 9.59 Å². The van der Waals surface area contributed by atoms with E-state index >= 15 is 0 Å². The van der Waals surface area contributed by atoms with Crippen LogP contribution in [0.4, 0.5) is 0 Å². The first-order chi connectivity index (χ1) is 8.52. The first-order valence-electron chi connectivity index (χ1n) is 5.63. The van der Waals surface area contributed by atoms with Crippen molar-refractivity contribution in [2.24, 2.45) is 0 Å². The smallest absolute Gasteiger partial charge is 0.323 e. The van der Waals surface area contributed by atoms with Gasteiger partial charge in [0, 0.05) is 18.0 Å². The van der Waals surface area contributed by atoms with Crippen molar-refractivity contribution in [1.82, 2.24) is 9.88 Å². The summed E-state index contributed by atoms with van der Waals surface area (Å²) < 4.78 is 0. The van der Waals surface area contributed by atoms with E-state index in [1.807, 2.05) is 19.2 Å². The molecule has 1 N–H and O–H groups in total. The van der Waals surface area contributed by atoms with E-state index in [4.69, 9.17) is 5.11 Å². The summed E-state index contributed by atoms with van der Waals surface area (Å²) in [5.74, 6) is -1.31. The minimum atomic E-state index is -1.00. The molecule has 0 unspecified atom stereocenters. The standard InChI is InChI=1S/C12H16N2O3S/c1-3-6-14(7-12(16)17)11(15)5-4-10-8-18-9(2)13-10/h4-5,8H,3,6-7H2,1-2H3,(H,16,17)/b5-4+. The van der Waals surface area contributed by atoms with Gasteiger partial charge in [0.25, 0.3) is 0 Å². The number of carboxylic acid groups (broad SMARTS) is 1. The lowest BCUT2D eigenvalue weighted by Gasteiger charge is -2.17. The molecule has 1 heterocycles. The average Bonchev–Trinajstić information content (AvgIpc) is 2.71. The number of amides is 1. The molecule has 5 nitrogen and oxygen atoms in total. The number of carbonyl (C=O) groups is 2. The van der Waals surface area contributed by atoms with Gasteiger partial charge in [0.2, 0.25) is 5.91 Å². The number of aryl methyl sites for hydroxylation is 1. The zero-order valence-corrected chi connectivity index (χ0v) is 11.2. The van der Waals surface area contributed by atoms with E-state index in [9.17, 15) is 9.59 Å². The number of aromatic nitrogens is 1. The summed E-state index contributed by atoms with van der Waals surface area (Å²) in [5.41, 5.74) is 0.720. The largest absolute Gasteiger partial charge is 0.480 e. The summed E-state index contributed by atoms with van der Waals surface area (Å²) >= 11 is 1.50. The van der Waals surface area contributed by atoms with Crippen LogP contribution in [0.15, 0.2) is 11.5 Å². The van der Waals surface area contributed by atoms with E-state index < -0.39 is 5.97 Å². The molecule has 0 aliphatic carbocycles. The molecule has 6 heteroatoms. The topological polar surface area (TPSA) is 70.5 Å². The maximum atomic E-state index is 11.8. The molecule has 1 aromatic rings. The van der Waals surface area contributed by atoms with E-state index in [2.05, 4.69) is 4.98 Å². The van der Waals surface area contributed by atoms with Gasteiger partial charge in [0.05, 0.1) is 10.7 Å². The normalized spacial score (nSPS) is 10.8. The molecule has 0 aliphatic rings. The highest BCUT2D eigenvalue weighted by Crippen LogP contribution is 2.09. The zero-order valence-electron chi connectivity index (χ0n) is 10.4. The molecule has 0 bridgehead atoms. The molecule has 0 fully saturated rings. The second-order valence-electron chi connectivity index (χ2n) is 3.78. The lowest BCUT2D eigenvalue weighted by molar-refractivity contribution is -0.142. The Morgan fingerprint density at radius 2 is 2.28 bits per heavy atom. The third-order valence-electron chi connectivity index (χ3n) is 2.16. The van der Waals surface area contributed by atoms with Gasteiger partial charge in [0.1, 0.15) is 6.54 Å². The number of thiazole rings is 1. The maximum Gasteiger partial charge on any atom is 0.323 e. The second kappa shape index (κ2) is 6.90. The number of hydrogen-bond acceptors (Lipinski definition) is 4. The Bertz CT molecular complexity index is 454. The van der Waals surface area contributed by atoms with Crippen LogP contribution in [0.1, 0.15) is 24.0 Å². The van der Waals surface area contributed by atoms with E-state index in [0.717, 1.165) is 17.1 Å². The van der Waals surface area contributed by atoms with E-state index in [1.165, 1.54) is 22.3 Å². The molecule has 1 amide bonds. The van der Waals surface area contributed by atoms with Gasteiger partial charge in [-0.2, -0.15) is 0 Å².